The lowest BCUT2D eigenvalue weighted by atomic mass is 10.0. The lowest BCUT2D eigenvalue weighted by molar-refractivity contribution is 0.598. The zero-order chi connectivity index (χ0) is 16.0. The predicted molar refractivity (Wildman–Crippen MR) is 92.7 cm³/mol. The van der Waals surface area contributed by atoms with Gasteiger partial charge in [-0.05, 0) is 42.0 Å². The van der Waals surface area contributed by atoms with Crippen LogP contribution in [0.15, 0.2) is 54.6 Å². The Morgan fingerprint density at radius 2 is 1.59 bits per heavy atom. The van der Waals surface area contributed by atoms with Crippen LogP contribution >= 0.6 is 0 Å². The van der Waals surface area contributed by atoms with E-state index in [1.54, 1.807) is 0 Å². The molecule has 0 saturated heterocycles. The van der Waals surface area contributed by atoms with Gasteiger partial charge in [0.25, 0.3) is 0 Å². The summed E-state index contributed by atoms with van der Waals surface area (Å²) >= 11 is 0. The van der Waals surface area contributed by atoms with Crippen molar-refractivity contribution in [3.63, 3.8) is 0 Å². The summed E-state index contributed by atoms with van der Waals surface area (Å²) in [5.41, 5.74) is 3.00. The number of benzene rings is 2. The van der Waals surface area contributed by atoms with E-state index >= 15 is 0 Å². The SMILES string of the molecule is CC(C)c1ccc(NS(=O)(=O)CCCc2ccccc2)cc1. The van der Waals surface area contributed by atoms with E-state index in [0.29, 0.717) is 18.0 Å². The molecule has 0 aliphatic carbocycles. The molecule has 0 saturated carbocycles. The van der Waals surface area contributed by atoms with Gasteiger partial charge in [-0.1, -0.05) is 56.3 Å². The largest absolute Gasteiger partial charge is 0.284 e. The predicted octanol–water partition coefficient (Wildman–Crippen LogP) is 4.18. The Balaban J connectivity index is 1.88. The van der Waals surface area contributed by atoms with Gasteiger partial charge < -0.3 is 0 Å². The van der Waals surface area contributed by atoms with E-state index in [9.17, 15) is 8.42 Å². The minimum Gasteiger partial charge on any atom is -0.284 e. The number of hydrogen-bond donors (Lipinski definition) is 1. The fourth-order valence-electron chi connectivity index (χ4n) is 2.28. The fraction of sp³-hybridized carbons (Fsp3) is 0.333. The first-order valence-electron chi connectivity index (χ1n) is 7.61. The molecule has 22 heavy (non-hydrogen) atoms. The average Bonchev–Trinajstić information content (AvgIpc) is 2.48. The van der Waals surface area contributed by atoms with Crippen molar-refractivity contribution in [1.82, 2.24) is 0 Å². The minimum absolute atomic E-state index is 0.133. The van der Waals surface area contributed by atoms with Gasteiger partial charge in [-0.25, -0.2) is 8.42 Å². The van der Waals surface area contributed by atoms with Crippen molar-refractivity contribution < 1.29 is 8.42 Å². The summed E-state index contributed by atoms with van der Waals surface area (Å²) in [6, 6.07) is 17.5. The maximum absolute atomic E-state index is 12.1. The number of hydrogen-bond acceptors (Lipinski definition) is 2. The van der Waals surface area contributed by atoms with Crippen LogP contribution in [0.2, 0.25) is 0 Å². The smallest absolute Gasteiger partial charge is 0.232 e. The van der Waals surface area contributed by atoms with Crippen LogP contribution in [0.3, 0.4) is 0 Å². The maximum atomic E-state index is 12.1. The molecule has 0 spiro atoms. The molecule has 4 heteroatoms. The van der Waals surface area contributed by atoms with Gasteiger partial charge in [0.15, 0.2) is 0 Å². The lowest BCUT2D eigenvalue weighted by Crippen LogP contribution is -2.17. The van der Waals surface area contributed by atoms with Gasteiger partial charge in [0.05, 0.1) is 5.75 Å². The van der Waals surface area contributed by atoms with Gasteiger partial charge in [-0.15, -0.1) is 0 Å². The van der Waals surface area contributed by atoms with Gasteiger partial charge in [-0.2, -0.15) is 0 Å². The molecule has 0 fully saturated rings. The van der Waals surface area contributed by atoms with E-state index in [-0.39, 0.29) is 5.75 Å². The molecular weight excluding hydrogens is 294 g/mol. The van der Waals surface area contributed by atoms with Crippen molar-refractivity contribution in [2.24, 2.45) is 0 Å². The quantitative estimate of drug-likeness (QED) is 0.832. The normalized spacial score (nSPS) is 11.6. The van der Waals surface area contributed by atoms with E-state index < -0.39 is 10.0 Å². The summed E-state index contributed by atoms with van der Waals surface area (Å²) in [7, 11) is -3.29. The summed E-state index contributed by atoms with van der Waals surface area (Å²) < 4.78 is 26.8. The van der Waals surface area contributed by atoms with Crippen molar-refractivity contribution in [3.05, 3.63) is 65.7 Å². The Kier molecular flexibility index (Phi) is 5.61. The van der Waals surface area contributed by atoms with Crippen LogP contribution in [0.25, 0.3) is 0 Å². The number of rotatable bonds is 7. The third-order valence-electron chi connectivity index (χ3n) is 3.57. The lowest BCUT2D eigenvalue weighted by Gasteiger charge is -2.10. The van der Waals surface area contributed by atoms with Crippen LogP contribution in [-0.4, -0.2) is 14.2 Å². The van der Waals surface area contributed by atoms with Crippen molar-refractivity contribution in [2.75, 3.05) is 10.5 Å². The van der Waals surface area contributed by atoms with Gasteiger partial charge in [0, 0.05) is 5.69 Å². The third-order valence-corrected chi connectivity index (χ3v) is 4.94. The Hall–Kier alpha value is -1.81. The molecule has 2 aromatic carbocycles. The Bertz CT molecular complexity index is 677. The molecular formula is C18H23NO2S. The molecule has 0 radical (unpaired) electrons. The highest BCUT2D eigenvalue weighted by Gasteiger charge is 2.10. The van der Waals surface area contributed by atoms with E-state index in [1.807, 2.05) is 54.6 Å². The first-order valence-corrected chi connectivity index (χ1v) is 9.26. The minimum atomic E-state index is -3.29. The van der Waals surface area contributed by atoms with Crippen LogP contribution in [0.1, 0.15) is 37.3 Å². The molecule has 0 aliphatic heterocycles. The molecule has 118 valence electrons. The van der Waals surface area contributed by atoms with E-state index in [1.165, 1.54) is 11.1 Å². The number of aryl methyl sites for hydroxylation is 1. The van der Waals surface area contributed by atoms with Crippen LogP contribution in [-0.2, 0) is 16.4 Å². The number of anilines is 1. The zero-order valence-corrected chi connectivity index (χ0v) is 13.9. The molecule has 1 N–H and O–H groups in total. The van der Waals surface area contributed by atoms with Gasteiger partial charge in [-0.3, -0.25) is 4.72 Å². The molecule has 0 atom stereocenters. The first kappa shape index (κ1) is 16.6. The van der Waals surface area contributed by atoms with Crippen molar-refractivity contribution >= 4 is 15.7 Å². The zero-order valence-electron chi connectivity index (χ0n) is 13.1. The second-order valence-corrected chi connectivity index (χ2v) is 7.63. The highest BCUT2D eigenvalue weighted by Crippen LogP contribution is 2.18. The third kappa shape index (κ3) is 5.19. The number of sulfonamides is 1. The highest BCUT2D eigenvalue weighted by atomic mass is 32.2. The average molecular weight is 317 g/mol. The molecule has 0 unspecified atom stereocenters. The molecule has 0 heterocycles. The van der Waals surface area contributed by atoms with Crippen LogP contribution < -0.4 is 4.72 Å². The second kappa shape index (κ2) is 7.45. The van der Waals surface area contributed by atoms with E-state index in [2.05, 4.69) is 18.6 Å². The van der Waals surface area contributed by atoms with E-state index in [0.717, 1.165) is 6.42 Å². The van der Waals surface area contributed by atoms with Gasteiger partial charge >= 0.3 is 0 Å². The van der Waals surface area contributed by atoms with Gasteiger partial charge in [0.2, 0.25) is 10.0 Å². The first-order chi connectivity index (χ1) is 10.5. The Morgan fingerprint density at radius 1 is 0.955 bits per heavy atom. The standard InChI is InChI=1S/C18H23NO2S/c1-15(2)17-10-12-18(13-11-17)19-22(20,21)14-6-9-16-7-4-3-5-8-16/h3-5,7-8,10-13,15,19H,6,9,14H2,1-2H3. The Morgan fingerprint density at radius 3 is 2.18 bits per heavy atom. The monoisotopic (exact) mass is 317 g/mol. The maximum Gasteiger partial charge on any atom is 0.232 e. The molecule has 0 amide bonds. The summed E-state index contributed by atoms with van der Waals surface area (Å²) in [5.74, 6) is 0.574. The van der Waals surface area contributed by atoms with Crippen molar-refractivity contribution in [3.8, 4) is 0 Å². The van der Waals surface area contributed by atoms with Crippen LogP contribution in [0.4, 0.5) is 5.69 Å². The van der Waals surface area contributed by atoms with Gasteiger partial charge in [0.1, 0.15) is 0 Å². The molecule has 0 bridgehead atoms. The summed E-state index contributed by atoms with van der Waals surface area (Å²) in [4.78, 5) is 0. The number of nitrogens with one attached hydrogen (secondary N) is 1. The molecule has 3 nitrogen and oxygen atoms in total. The molecule has 2 aromatic rings. The van der Waals surface area contributed by atoms with E-state index in [4.69, 9.17) is 0 Å². The summed E-state index contributed by atoms with van der Waals surface area (Å²) in [5, 5.41) is 0. The van der Waals surface area contributed by atoms with Crippen LogP contribution in [0.5, 0.6) is 0 Å². The Labute approximate surface area is 133 Å². The second-order valence-electron chi connectivity index (χ2n) is 5.79. The highest BCUT2D eigenvalue weighted by molar-refractivity contribution is 7.92. The topological polar surface area (TPSA) is 46.2 Å². The van der Waals surface area contributed by atoms with Crippen LogP contribution in [0, 0.1) is 0 Å². The fourth-order valence-corrected chi connectivity index (χ4v) is 3.40. The van der Waals surface area contributed by atoms with Crippen molar-refractivity contribution in [1.29, 1.82) is 0 Å². The van der Waals surface area contributed by atoms with Crippen molar-refractivity contribution in [2.45, 2.75) is 32.6 Å². The molecule has 0 aliphatic rings. The molecule has 2 rings (SSSR count). The molecule has 0 aromatic heterocycles. The summed E-state index contributed by atoms with van der Waals surface area (Å²) in [6.45, 7) is 4.23. The summed E-state index contributed by atoms with van der Waals surface area (Å²) in [6.07, 6.45) is 1.39.